The maximum atomic E-state index is 12.5. The van der Waals surface area contributed by atoms with E-state index in [2.05, 4.69) is 23.3 Å². The molecule has 156 valence electrons. The van der Waals surface area contributed by atoms with Crippen LogP contribution in [0.5, 0.6) is 11.5 Å². The number of hydrogen-bond acceptors (Lipinski definition) is 4. The largest absolute Gasteiger partial charge is 0.490 e. The van der Waals surface area contributed by atoms with Gasteiger partial charge in [0.05, 0.1) is 0 Å². The van der Waals surface area contributed by atoms with Crippen molar-refractivity contribution in [1.29, 1.82) is 0 Å². The van der Waals surface area contributed by atoms with Crippen LogP contribution in [0.2, 0.25) is 0 Å². The van der Waals surface area contributed by atoms with E-state index in [1.54, 1.807) is 6.92 Å². The molecule has 0 unspecified atom stereocenters. The van der Waals surface area contributed by atoms with Gasteiger partial charge >= 0.3 is 0 Å². The summed E-state index contributed by atoms with van der Waals surface area (Å²) in [6.45, 7) is 3.88. The fourth-order valence-electron chi connectivity index (χ4n) is 3.65. The third kappa shape index (κ3) is 5.10. The van der Waals surface area contributed by atoms with Crippen molar-refractivity contribution < 1.29 is 14.3 Å². The lowest BCUT2D eigenvalue weighted by Gasteiger charge is -2.29. The summed E-state index contributed by atoms with van der Waals surface area (Å²) in [5.74, 6) is 1.33. The van der Waals surface area contributed by atoms with Gasteiger partial charge < -0.3 is 19.7 Å². The minimum Gasteiger partial charge on any atom is -0.490 e. The average molecular weight is 405 g/mol. The maximum absolute atomic E-state index is 12.5. The first kappa shape index (κ1) is 20.2. The molecule has 3 aromatic carbocycles. The summed E-state index contributed by atoms with van der Waals surface area (Å²) in [5.41, 5.74) is 0.727. The second-order valence-corrected chi connectivity index (χ2v) is 7.90. The van der Waals surface area contributed by atoms with Crippen molar-refractivity contribution in [3.05, 3.63) is 66.7 Å². The van der Waals surface area contributed by atoms with Crippen LogP contribution < -0.4 is 14.8 Å². The molecule has 1 heterocycles. The third-order valence-electron chi connectivity index (χ3n) is 5.49. The zero-order valence-electron chi connectivity index (χ0n) is 17.5. The number of fused-ring (bicyclic) bond motifs is 1. The van der Waals surface area contributed by atoms with Crippen LogP contribution in [0.25, 0.3) is 10.8 Å². The van der Waals surface area contributed by atoms with Crippen molar-refractivity contribution in [1.82, 2.24) is 4.90 Å². The summed E-state index contributed by atoms with van der Waals surface area (Å²) in [5, 5.41) is 5.14. The molecule has 0 radical (unpaired) electrons. The lowest BCUT2D eigenvalue weighted by molar-refractivity contribution is -0.122. The highest BCUT2D eigenvalue weighted by atomic mass is 16.5. The smallest absolute Gasteiger partial charge is 0.265 e. The number of benzene rings is 3. The highest BCUT2D eigenvalue weighted by Crippen LogP contribution is 2.23. The molecular formula is C25H28N2O3. The molecule has 1 fully saturated rings. The standard InChI is InChI=1S/C25H28N2O3/c1-18(29-24-10-7-19-5-3-4-6-20(19)17-24)25(28)26-21-8-11-22(12-9-21)30-23-13-15-27(2)16-14-23/h3-12,17-18,23H,13-16H2,1-2H3,(H,26,28)/t18-/m0/s1. The maximum Gasteiger partial charge on any atom is 0.265 e. The normalized spacial score (nSPS) is 16.2. The Morgan fingerprint density at radius 3 is 2.37 bits per heavy atom. The van der Waals surface area contributed by atoms with Gasteiger partial charge in [-0.3, -0.25) is 4.79 Å². The molecule has 1 aliphatic rings. The van der Waals surface area contributed by atoms with Crippen molar-refractivity contribution in [3.63, 3.8) is 0 Å². The Balaban J connectivity index is 1.31. The fourth-order valence-corrected chi connectivity index (χ4v) is 3.65. The van der Waals surface area contributed by atoms with E-state index in [0.717, 1.165) is 48.1 Å². The van der Waals surface area contributed by atoms with Gasteiger partial charge in [0.1, 0.15) is 17.6 Å². The van der Waals surface area contributed by atoms with E-state index in [1.165, 1.54) is 0 Å². The first-order valence-electron chi connectivity index (χ1n) is 10.5. The number of rotatable bonds is 6. The van der Waals surface area contributed by atoms with E-state index >= 15 is 0 Å². The highest BCUT2D eigenvalue weighted by molar-refractivity contribution is 5.94. The number of nitrogens with one attached hydrogen (secondary N) is 1. The van der Waals surface area contributed by atoms with E-state index in [-0.39, 0.29) is 12.0 Å². The Morgan fingerprint density at radius 2 is 1.63 bits per heavy atom. The van der Waals surface area contributed by atoms with Gasteiger partial charge in [-0.15, -0.1) is 0 Å². The zero-order chi connectivity index (χ0) is 20.9. The van der Waals surface area contributed by atoms with E-state index < -0.39 is 6.10 Å². The van der Waals surface area contributed by atoms with Crippen molar-refractivity contribution in [2.45, 2.75) is 32.0 Å². The molecule has 1 N–H and O–H groups in total. The highest BCUT2D eigenvalue weighted by Gasteiger charge is 2.18. The predicted octanol–water partition coefficient (Wildman–Crippen LogP) is 4.72. The summed E-state index contributed by atoms with van der Waals surface area (Å²) < 4.78 is 11.9. The molecule has 1 aliphatic heterocycles. The lowest BCUT2D eigenvalue weighted by Crippen LogP contribution is -2.35. The van der Waals surface area contributed by atoms with Gasteiger partial charge in [-0.05, 0) is 74.0 Å². The monoisotopic (exact) mass is 404 g/mol. The van der Waals surface area contributed by atoms with Gasteiger partial charge in [-0.25, -0.2) is 0 Å². The van der Waals surface area contributed by atoms with Crippen LogP contribution >= 0.6 is 0 Å². The van der Waals surface area contributed by atoms with Gasteiger partial charge in [0, 0.05) is 18.8 Å². The minimum absolute atomic E-state index is 0.188. The summed E-state index contributed by atoms with van der Waals surface area (Å²) in [6.07, 6.45) is 1.73. The number of nitrogens with zero attached hydrogens (tertiary/aromatic N) is 1. The minimum atomic E-state index is -0.610. The first-order chi connectivity index (χ1) is 14.6. The van der Waals surface area contributed by atoms with Crippen molar-refractivity contribution in [3.8, 4) is 11.5 Å². The Bertz CT molecular complexity index is 995. The summed E-state index contributed by atoms with van der Waals surface area (Å²) in [6, 6.07) is 21.5. The molecule has 4 rings (SSSR count). The third-order valence-corrected chi connectivity index (χ3v) is 5.49. The van der Waals surface area contributed by atoms with Gasteiger partial charge in [0.2, 0.25) is 0 Å². The van der Waals surface area contributed by atoms with E-state index in [4.69, 9.17) is 9.47 Å². The van der Waals surface area contributed by atoms with Crippen LogP contribution in [-0.2, 0) is 4.79 Å². The molecule has 0 aliphatic carbocycles. The number of carbonyl (C=O) groups excluding carboxylic acids is 1. The number of hydrogen-bond donors (Lipinski definition) is 1. The van der Waals surface area contributed by atoms with E-state index in [9.17, 15) is 4.79 Å². The van der Waals surface area contributed by atoms with Crippen molar-refractivity contribution in [2.24, 2.45) is 0 Å². The Kier molecular flexibility index (Phi) is 6.19. The quantitative estimate of drug-likeness (QED) is 0.646. The predicted molar refractivity (Wildman–Crippen MR) is 120 cm³/mol. The van der Waals surface area contributed by atoms with E-state index in [1.807, 2.05) is 60.7 Å². The van der Waals surface area contributed by atoms with Crippen LogP contribution in [0.3, 0.4) is 0 Å². The molecule has 1 amide bonds. The number of carbonyl (C=O) groups is 1. The van der Waals surface area contributed by atoms with Crippen LogP contribution in [0.15, 0.2) is 66.7 Å². The first-order valence-corrected chi connectivity index (χ1v) is 10.5. The molecule has 5 heteroatoms. The van der Waals surface area contributed by atoms with Crippen molar-refractivity contribution >= 4 is 22.4 Å². The van der Waals surface area contributed by atoms with Crippen LogP contribution in [-0.4, -0.2) is 43.2 Å². The molecule has 3 aromatic rings. The van der Waals surface area contributed by atoms with Gasteiger partial charge in [-0.1, -0.05) is 30.3 Å². The van der Waals surface area contributed by atoms with Crippen LogP contribution in [0.4, 0.5) is 5.69 Å². The number of piperidine rings is 1. The molecule has 0 saturated carbocycles. The van der Waals surface area contributed by atoms with Gasteiger partial charge in [0.15, 0.2) is 6.10 Å². The summed E-state index contributed by atoms with van der Waals surface area (Å²) in [7, 11) is 2.14. The Hall–Kier alpha value is -3.05. The number of amides is 1. The molecule has 1 atom stereocenters. The van der Waals surface area contributed by atoms with Crippen LogP contribution in [0.1, 0.15) is 19.8 Å². The average Bonchev–Trinajstić information content (AvgIpc) is 2.76. The SMILES string of the molecule is C[C@H](Oc1ccc2ccccc2c1)C(=O)Nc1ccc(OC2CCN(C)CC2)cc1. The van der Waals surface area contributed by atoms with Gasteiger partial charge in [-0.2, -0.15) is 0 Å². The molecule has 1 saturated heterocycles. The molecule has 0 bridgehead atoms. The fraction of sp³-hybridized carbons (Fsp3) is 0.320. The molecule has 0 spiro atoms. The van der Waals surface area contributed by atoms with Crippen molar-refractivity contribution in [2.75, 3.05) is 25.5 Å². The Morgan fingerprint density at radius 1 is 0.967 bits per heavy atom. The second kappa shape index (κ2) is 9.18. The molecule has 30 heavy (non-hydrogen) atoms. The lowest BCUT2D eigenvalue weighted by atomic mass is 10.1. The Labute approximate surface area is 177 Å². The summed E-state index contributed by atoms with van der Waals surface area (Å²) in [4.78, 5) is 14.9. The number of ether oxygens (including phenoxy) is 2. The molecular weight excluding hydrogens is 376 g/mol. The number of anilines is 1. The topological polar surface area (TPSA) is 50.8 Å². The molecule has 0 aromatic heterocycles. The van der Waals surface area contributed by atoms with Crippen LogP contribution in [0, 0.1) is 0 Å². The second-order valence-electron chi connectivity index (χ2n) is 7.90. The summed E-state index contributed by atoms with van der Waals surface area (Å²) >= 11 is 0. The molecule has 5 nitrogen and oxygen atoms in total. The van der Waals surface area contributed by atoms with Gasteiger partial charge in [0.25, 0.3) is 5.91 Å². The number of likely N-dealkylation sites (tertiary alicyclic amines) is 1. The zero-order valence-corrected chi connectivity index (χ0v) is 17.5. The van der Waals surface area contributed by atoms with E-state index in [0.29, 0.717) is 5.75 Å².